The summed E-state index contributed by atoms with van der Waals surface area (Å²) in [6.45, 7) is 4.84. The zero-order chi connectivity index (χ0) is 16.7. The molecule has 118 valence electrons. The van der Waals surface area contributed by atoms with Gasteiger partial charge in [-0.25, -0.2) is 0 Å². The number of hydrogen-bond donors (Lipinski definition) is 1. The van der Waals surface area contributed by atoms with Crippen LogP contribution in [0.1, 0.15) is 13.3 Å². The summed E-state index contributed by atoms with van der Waals surface area (Å²) in [5, 5.41) is 21.0. The third-order valence-electron chi connectivity index (χ3n) is 3.68. The molecule has 0 aromatic heterocycles. The van der Waals surface area contributed by atoms with Crippen LogP contribution in [0.25, 0.3) is 0 Å². The highest BCUT2D eigenvalue weighted by molar-refractivity contribution is 6.10. The largest absolute Gasteiger partial charge is 0.370 e. The lowest BCUT2D eigenvalue weighted by Gasteiger charge is -2.23. The van der Waals surface area contributed by atoms with E-state index in [-0.39, 0.29) is 11.6 Å². The van der Waals surface area contributed by atoms with Gasteiger partial charge in [0.2, 0.25) is 11.6 Å². The van der Waals surface area contributed by atoms with E-state index in [0.29, 0.717) is 5.69 Å². The van der Waals surface area contributed by atoms with E-state index in [1.807, 2.05) is 29.2 Å². The summed E-state index contributed by atoms with van der Waals surface area (Å²) in [5.74, 6) is 0.120. The molecule has 0 spiro atoms. The van der Waals surface area contributed by atoms with E-state index in [2.05, 4.69) is 15.4 Å². The van der Waals surface area contributed by atoms with Gasteiger partial charge in [-0.05, 0) is 30.7 Å². The van der Waals surface area contributed by atoms with Gasteiger partial charge in [0.1, 0.15) is 12.1 Å². The van der Waals surface area contributed by atoms with Crippen molar-refractivity contribution >= 4 is 23.0 Å². The highest BCUT2D eigenvalue weighted by Gasteiger charge is 2.16. The van der Waals surface area contributed by atoms with Crippen LogP contribution in [0, 0.1) is 22.7 Å². The van der Waals surface area contributed by atoms with Crippen molar-refractivity contribution in [2.75, 3.05) is 36.5 Å². The van der Waals surface area contributed by atoms with Gasteiger partial charge in [-0.3, -0.25) is 10.2 Å². The average Bonchev–Trinajstić information content (AvgIpc) is 2.82. The Labute approximate surface area is 135 Å². The minimum Gasteiger partial charge on any atom is -0.370 e. The Hall–Kier alpha value is -3.06. The number of amides is 1. The summed E-state index contributed by atoms with van der Waals surface area (Å²) in [6.07, 6.45) is 0.942. The quantitative estimate of drug-likeness (QED) is 0.675. The second-order valence-electron chi connectivity index (χ2n) is 5.19. The van der Waals surface area contributed by atoms with Crippen LogP contribution in [-0.2, 0) is 4.79 Å². The van der Waals surface area contributed by atoms with E-state index < -0.39 is 0 Å². The number of carbonyl (C=O) groups is 1. The van der Waals surface area contributed by atoms with Crippen molar-refractivity contribution in [1.29, 1.82) is 10.5 Å². The highest BCUT2D eigenvalue weighted by atomic mass is 16.2. The summed E-state index contributed by atoms with van der Waals surface area (Å²) in [7, 11) is 0. The molecule has 0 unspecified atom stereocenters. The minimum atomic E-state index is -0.217. The van der Waals surface area contributed by atoms with E-state index in [4.69, 9.17) is 10.5 Å². The van der Waals surface area contributed by atoms with Crippen molar-refractivity contribution < 1.29 is 4.79 Å². The Kier molecular flexibility index (Phi) is 5.54. The molecule has 1 aromatic carbocycles. The van der Waals surface area contributed by atoms with Gasteiger partial charge in [-0.15, -0.1) is 0 Å². The third-order valence-corrected chi connectivity index (χ3v) is 3.68. The van der Waals surface area contributed by atoms with E-state index in [1.54, 1.807) is 19.1 Å². The Morgan fingerprint density at radius 2 is 1.83 bits per heavy atom. The maximum atomic E-state index is 11.5. The predicted molar refractivity (Wildman–Crippen MR) is 87.8 cm³/mol. The smallest absolute Gasteiger partial charge is 0.237 e. The van der Waals surface area contributed by atoms with Crippen LogP contribution >= 0.6 is 0 Å². The van der Waals surface area contributed by atoms with Gasteiger partial charge in [0, 0.05) is 38.8 Å². The molecule has 1 N–H and O–H groups in total. The van der Waals surface area contributed by atoms with Crippen molar-refractivity contribution in [3.8, 4) is 12.1 Å². The molecule has 1 aromatic rings. The van der Waals surface area contributed by atoms with Crippen LogP contribution in [0.2, 0.25) is 0 Å². The summed E-state index contributed by atoms with van der Waals surface area (Å²) >= 11 is 0. The summed E-state index contributed by atoms with van der Waals surface area (Å²) in [6, 6.07) is 11.0. The molecule has 23 heavy (non-hydrogen) atoms. The van der Waals surface area contributed by atoms with Gasteiger partial charge >= 0.3 is 0 Å². The first kappa shape index (κ1) is 16.3. The first-order chi connectivity index (χ1) is 11.1. The molecule has 7 nitrogen and oxygen atoms in total. The van der Waals surface area contributed by atoms with E-state index in [0.717, 1.165) is 38.3 Å². The van der Waals surface area contributed by atoms with E-state index in [1.165, 1.54) is 0 Å². The summed E-state index contributed by atoms with van der Waals surface area (Å²) < 4.78 is 0. The third kappa shape index (κ3) is 4.45. The molecule has 1 fully saturated rings. The first-order valence-corrected chi connectivity index (χ1v) is 7.38. The molecule has 0 atom stereocenters. The number of hydrazone groups is 1. The van der Waals surface area contributed by atoms with Gasteiger partial charge in [0.05, 0.1) is 5.69 Å². The Morgan fingerprint density at radius 3 is 2.43 bits per heavy atom. The maximum absolute atomic E-state index is 11.5. The summed E-state index contributed by atoms with van der Waals surface area (Å²) in [4.78, 5) is 15.6. The van der Waals surface area contributed by atoms with Crippen molar-refractivity contribution in [2.24, 2.45) is 5.10 Å². The van der Waals surface area contributed by atoms with Gasteiger partial charge in [0.25, 0.3) is 0 Å². The number of benzene rings is 1. The predicted octanol–water partition coefficient (Wildman–Crippen LogP) is 1.56. The lowest BCUT2D eigenvalue weighted by Crippen LogP contribution is -2.33. The monoisotopic (exact) mass is 310 g/mol. The highest BCUT2D eigenvalue weighted by Crippen LogP contribution is 2.19. The molecule has 1 amide bonds. The van der Waals surface area contributed by atoms with Crippen molar-refractivity contribution in [1.82, 2.24) is 4.90 Å². The second kappa shape index (κ2) is 7.81. The van der Waals surface area contributed by atoms with Crippen LogP contribution in [-0.4, -0.2) is 42.7 Å². The Bertz CT molecular complexity index is 651. The van der Waals surface area contributed by atoms with Crippen molar-refractivity contribution in [3.05, 3.63) is 24.3 Å². The molecular formula is C16H18N6O. The number of nitriles is 2. The van der Waals surface area contributed by atoms with Crippen LogP contribution in [0.15, 0.2) is 29.4 Å². The molecular weight excluding hydrogens is 292 g/mol. The fraction of sp³-hybridized carbons (Fsp3) is 0.375. The zero-order valence-electron chi connectivity index (χ0n) is 13.0. The first-order valence-electron chi connectivity index (χ1n) is 7.38. The number of rotatable bonds is 3. The maximum Gasteiger partial charge on any atom is 0.237 e. The normalized spacial score (nSPS) is 14.2. The van der Waals surface area contributed by atoms with Crippen LogP contribution in [0.3, 0.4) is 0 Å². The number of hydrogen-bond acceptors (Lipinski definition) is 6. The van der Waals surface area contributed by atoms with Crippen LogP contribution in [0.5, 0.6) is 0 Å². The minimum absolute atomic E-state index is 0.120. The lowest BCUT2D eigenvalue weighted by atomic mass is 10.2. The molecule has 1 aliphatic heterocycles. The Balaban J connectivity index is 2.00. The standard InChI is InChI=1S/C16H18N6O/c1-13(23)21-7-2-8-22(10-9-21)16-5-3-14(4-6-16)19-20-15(11-17)12-18/h3-6,19H,2,7-10H2,1H3. The van der Waals surface area contributed by atoms with Gasteiger partial charge in [0.15, 0.2) is 0 Å². The molecule has 1 saturated heterocycles. The summed E-state index contributed by atoms with van der Waals surface area (Å²) in [5.41, 5.74) is 4.25. The van der Waals surface area contributed by atoms with E-state index >= 15 is 0 Å². The number of carbonyl (C=O) groups excluding carboxylic acids is 1. The molecule has 2 rings (SSSR count). The van der Waals surface area contributed by atoms with Crippen LogP contribution < -0.4 is 10.3 Å². The van der Waals surface area contributed by atoms with Crippen molar-refractivity contribution in [2.45, 2.75) is 13.3 Å². The van der Waals surface area contributed by atoms with Crippen molar-refractivity contribution in [3.63, 3.8) is 0 Å². The SMILES string of the molecule is CC(=O)N1CCCN(c2ccc(NN=C(C#N)C#N)cc2)CC1. The molecule has 0 radical (unpaired) electrons. The lowest BCUT2D eigenvalue weighted by molar-refractivity contribution is -0.128. The topological polar surface area (TPSA) is 95.5 Å². The zero-order valence-corrected chi connectivity index (χ0v) is 13.0. The van der Waals surface area contributed by atoms with Crippen LogP contribution in [0.4, 0.5) is 11.4 Å². The number of nitrogens with zero attached hydrogens (tertiary/aromatic N) is 5. The number of nitrogens with one attached hydrogen (secondary N) is 1. The second-order valence-corrected chi connectivity index (χ2v) is 5.19. The van der Waals surface area contributed by atoms with E-state index in [9.17, 15) is 4.79 Å². The number of anilines is 2. The van der Waals surface area contributed by atoms with Gasteiger partial charge in [-0.1, -0.05) is 0 Å². The van der Waals surface area contributed by atoms with Gasteiger partial charge < -0.3 is 9.80 Å². The molecule has 1 heterocycles. The fourth-order valence-corrected chi connectivity index (χ4v) is 2.43. The van der Waals surface area contributed by atoms with Gasteiger partial charge in [-0.2, -0.15) is 15.6 Å². The Morgan fingerprint density at radius 1 is 1.13 bits per heavy atom. The molecule has 1 aliphatic rings. The fourth-order valence-electron chi connectivity index (χ4n) is 2.43. The molecule has 0 bridgehead atoms. The average molecular weight is 310 g/mol. The molecule has 0 aliphatic carbocycles. The molecule has 0 saturated carbocycles. The molecule has 7 heteroatoms.